The first kappa shape index (κ1) is 16.7. The van der Waals surface area contributed by atoms with Crippen molar-refractivity contribution < 1.29 is 25.5 Å². The van der Waals surface area contributed by atoms with E-state index in [2.05, 4.69) is 4.99 Å². The largest absolute Gasteiger partial charge is 0.394 e. The zero-order chi connectivity index (χ0) is 15.1. The van der Waals surface area contributed by atoms with Crippen LogP contribution in [-0.2, 0) is 0 Å². The Hall–Kier alpha value is -1.31. The van der Waals surface area contributed by atoms with Gasteiger partial charge >= 0.3 is 0 Å². The Kier molecular flexibility index (Phi) is 6.77. The molecule has 0 aliphatic rings. The number of benzene rings is 1. The average Bonchev–Trinajstić information content (AvgIpc) is 2.46. The molecule has 1 aromatic carbocycles. The van der Waals surface area contributed by atoms with Crippen LogP contribution in [0.2, 0.25) is 0 Å². The number of aryl methyl sites for hydroxylation is 1. The van der Waals surface area contributed by atoms with Gasteiger partial charge in [0, 0.05) is 6.21 Å². The number of hydrogen-bond donors (Lipinski definition) is 5. The third-order valence-corrected chi connectivity index (χ3v) is 2.94. The second kappa shape index (κ2) is 8.08. The standard InChI is InChI=1S/C14H21NO5/c1-9-2-4-10(5-3-9)6-15-7-11(17)13(19)14(20)12(18)8-16/h2-6,11-14,16-20H,7-8H2,1H3/t11-,12+,13+,14+/m0/s1. The van der Waals surface area contributed by atoms with Crippen LogP contribution in [0, 0.1) is 6.92 Å². The second-order valence-electron chi connectivity index (χ2n) is 4.70. The summed E-state index contributed by atoms with van der Waals surface area (Å²) in [7, 11) is 0. The summed E-state index contributed by atoms with van der Waals surface area (Å²) >= 11 is 0. The first-order valence-electron chi connectivity index (χ1n) is 6.35. The molecule has 0 unspecified atom stereocenters. The molecule has 0 fully saturated rings. The van der Waals surface area contributed by atoms with Gasteiger partial charge < -0.3 is 25.5 Å². The summed E-state index contributed by atoms with van der Waals surface area (Å²) in [4.78, 5) is 3.97. The number of hydrogen-bond acceptors (Lipinski definition) is 6. The smallest absolute Gasteiger partial charge is 0.111 e. The molecule has 1 aromatic rings. The van der Waals surface area contributed by atoms with Crippen LogP contribution in [0.1, 0.15) is 11.1 Å². The predicted molar refractivity (Wildman–Crippen MR) is 74.8 cm³/mol. The van der Waals surface area contributed by atoms with E-state index in [4.69, 9.17) is 10.2 Å². The van der Waals surface area contributed by atoms with E-state index in [-0.39, 0.29) is 6.54 Å². The third-order valence-electron chi connectivity index (χ3n) is 2.94. The molecular formula is C14H21NO5. The van der Waals surface area contributed by atoms with Gasteiger partial charge in [-0.15, -0.1) is 0 Å². The molecule has 4 atom stereocenters. The molecule has 0 aliphatic heterocycles. The molecule has 0 radical (unpaired) electrons. The molecule has 0 spiro atoms. The van der Waals surface area contributed by atoms with Crippen molar-refractivity contribution in [2.75, 3.05) is 13.2 Å². The van der Waals surface area contributed by atoms with Gasteiger partial charge in [0.15, 0.2) is 0 Å². The van der Waals surface area contributed by atoms with Crippen LogP contribution >= 0.6 is 0 Å². The van der Waals surface area contributed by atoms with Crippen LogP contribution in [0.5, 0.6) is 0 Å². The van der Waals surface area contributed by atoms with Crippen LogP contribution in [0.4, 0.5) is 0 Å². The van der Waals surface area contributed by atoms with Crippen molar-refractivity contribution in [3.05, 3.63) is 35.4 Å². The summed E-state index contributed by atoms with van der Waals surface area (Å²) < 4.78 is 0. The molecule has 20 heavy (non-hydrogen) atoms. The van der Waals surface area contributed by atoms with Crippen molar-refractivity contribution in [2.24, 2.45) is 4.99 Å². The zero-order valence-corrected chi connectivity index (χ0v) is 11.3. The van der Waals surface area contributed by atoms with Crippen molar-refractivity contribution >= 4 is 6.21 Å². The Balaban J connectivity index is 2.49. The minimum Gasteiger partial charge on any atom is -0.394 e. The highest BCUT2D eigenvalue weighted by Gasteiger charge is 2.29. The Bertz CT molecular complexity index is 420. The highest BCUT2D eigenvalue weighted by molar-refractivity contribution is 5.79. The maximum atomic E-state index is 9.64. The molecule has 1 rings (SSSR count). The molecule has 6 heteroatoms. The fraction of sp³-hybridized carbons (Fsp3) is 0.500. The summed E-state index contributed by atoms with van der Waals surface area (Å²) in [6.45, 7) is 1.15. The van der Waals surface area contributed by atoms with Crippen LogP contribution in [0.3, 0.4) is 0 Å². The minimum atomic E-state index is -1.62. The summed E-state index contributed by atoms with van der Waals surface area (Å²) in [5, 5.41) is 46.5. The first-order chi connectivity index (χ1) is 9.45. The summed E-state index contributed by atoms with van der Waals surface area (Å²) in [6, 6.07) is 7.58. The lowest BCUT2D eigenvalue weighted by molar-refractivity contribution is -0.112. The van der Waals surface area contributed by atoms with Gasteiger partial charge in [0.2, 0.25) is 0 Å². The highest BCUT2D eigenvalue weighted by Crippen LogP contribution is 2.06. The molecule has 0 bridgehead atoms. The zero-order valence-electron chi connectivity index (χ0n) is 11.3. The van der Waals surface area contributed by atoms with E-state index >= 15 is 0 Å². The fourth-order valence-electron chi connectivity index (χ4n) is 1.59. The lowest BCUT2D eigenvalue weighted by Gasteiger charge is -2.24. The quantitative estimate of drug-likeness (QED) is 0.406. The molecular weight excluding hydrogens is 262 g/mol. The maximum Gasteiger partial charge on any atom is 0.111 e. The highest BCUT2D eigenvalue weighted by atomic mass is 16.4. The van der Waals surface area contributed by atoms with E-state index in [0.29, 0.717) is 0 Å². The van der Waals surface area contributed by atoms with Crippen molar-refractivity contribution in [3.63, 3.8) is 0 Å². The van der Waals surface area contributed by atoms with Gasteiger partial charge in [-0.2, -0.15) is 0 Å². The number of rotatable bonds is 7. The van der Waals surface area contributed by atoms with Crippen LogP contribution in [0.25, 0.3) is 0 Å². The molecule has 0 aliphatic carbocycles. The lowest BCUT2D eigenvalue weighted by Crippen LogP contribution is -2.46. The molecule has 5 N–H and O–H groups in total. The van der Waals surface area contributed by atoms with Gasteiger partial charge in [0.25, 0.3) is 0 Å². The first-order valence-corrected chi connectivity index (χ1v) is 6.35. The van der Waals surface area contributed by atoms with Crippen LogP contribution in [0.15, 0.2) is 29.3 Å². The van der Waals surface area contributed by atoms with Crippen molar-refractivity contribution in [2.45, 2.75) is 31.3 Å². The van der Waals surface area contributed by atoms with Crippen LogP contribution < -0.4 is 0 Å². The Morgan fingerprint density at radius 2 is 1.55 bits per heavy atom. The second-order valence-corrected chi connectivity index (χ2v) is 4.70. The van der Waals surface area contributed by atoms with Gasteiger partial charge in [0.1, 0.15) is 24.4 Å². The predicted octanol–water partition coefficient (Wildman–Crippen LogP) is -1.15. The van der Waals surface area contributed by atoms with E-state index in [1.807, 2.05) is 31.2 Å². The van der Waals surface area contributed by atoms with Gasteiger partial charge in [0.05, 0.1) is 13.2 Å². The molecule has 0 saturated heterocycles. The number of aliphatic hydroxyl groups is 5. The number of aliphatic hydroxyl groups excluding tert-OH is 5. The van der Waals surface area contributed by atoms with Gasteiger partial charge in [-0.25, -0.2) is 0 Å². The molecule has 0 heterocycles. The number of nitrogens with zero attached hydrogens (tertiary/aromatic N) is 1. The van der Waals surface area contributed by atoms with Gasteiger partial charge in [-0.3, -0.25) is 4.99 Å². The topological polar surface area (TPSA) is 114 Å². The van der Waals surface area contributed by atoms with Crippen molar-refractivity contribution in [3.8, 4) is 0 Å². The van der Waals surface area contributed by atoms with Crippen molar-refractivity contribution in [1.82, 2.24) is 0 Å². The van der Waals surface area contributed by atoms with Crippen LogP contribution in [-0.4, -0.2) is 69.3 Å². The fourth-order valence-corrected chi connectivity index (χ4v) is 1.59. The van der Waals surface area contributed by atoms with E-state index in [1.165, 1.54) is 0 Å². The summed E-state index contributed by atoms with van der Waals surface area (Å²) in [5.74, 6) is 0. The molecule has 0 aromatic heterocycles. The SMILES string of the molecule is Cc1ccc(C=NC[C@H](O)[C@@H](O)[C@H](O)[C@H](O)CO)cc1. The molecule has 112 valence electrons. The normalized spacial score (nSPS) is 17.9. The molecule has 0 amide bonds. The molecule has 6 nitrogen and oxygen atoms in total. The summed E-state index contributed by atoms with van der Waals surface area (Å²) in [6.07, 6.45) is -4.48. The van der Waals surface area contributed by atoms with E-state index in [1.54, 1.807) is 6.21 Å². The average molecular weight is 283 g/mol. The third kappa shape index (κ3) is 4.99. The Morgan fingerprint density at radius 1 is 1.00 bits per heavy atom. The lowest BCUT2D eigenvalue weighted by atomic mass is 10.0. The molecule has 0 saturated carbocycles. The van der Waals surface area contributed by atoms with E-state index in [0.717, 1.165) is 11.1 Å². The summed E-state index contributed by atoms with van der Waals surface area (Å²) in [5.41, 5.74) is 1.98. The Morgan fingerprint density at radius 3 is 2.10 bits per heavy atom. The monoisotopic (exact) mass is 283 g/mol. The number of aliphatic imine (C=N–C) groups is 1. The van der Waals surface area contributed by atoms with Gasteiger partial charge in [-0.05, 0) is 12.5 Å². The maximum absolute atomic E-state index is 9.64. The van der Waals surface area contributed by atoms with Crippen molar-refractivity contribution in [1.29, 1.82) is 0 Å². The van der Waals surface area contributed by atoms with E-state index < -0.39 is 31.0 Å². The van der Waals surface area contributed by atoms with Gasteiger partial charge in [-0.1, -0.05) is 29.8 Å². The minimum absolute atomic E-state index is 0.121. The van der Waals surface area contributed by atoms with E-state index in [9.17, 15) is 15.3 Å². The Labute approximate surface area is 117 Å².